The van der Waals surface area contributed by atoms with Gasteiger partial charge in [0.2, 0.25) is 0 Å². The first-order valence-electron chi connectivity index (χ1n) is 25.1. The van der Waals surface area contributed by atoms with Crippen LogP contribution in [0.1, 0.15) is 121 Å². The van der Waals surface area contributed by atoms with Gasteiger partial charge in [0.25, 0.3) is 11.1 Å². The summed E-state index contributed by atoms with van der Waals surface area (Å²) in [6, 6.07) is 17.9. The lowest BCUT2D eigenvalue weighted by molar-refractivity contribution is -0.114. The molecule has 1 N–H and O–H groups in total. The number of ketones is 2. The second-order valence-corrected chi connectivity index (χ2v) is 28.4. The first-order valence-corrected chi connectivity index (χ1v) is 28.0. The predicted octanol–water partition coefficient (Wildman–Crippen LogP) is 11.9. The highest BCUT2D eigenvalue weighted by atomic mass is 28.4. The van der Waals surface area contributed by atoms with Crippen LogP contribution in [-0.2, 0) is 37.7 Å². The fourth-order valence-electron chi connectivity index (χ4n) is 10.2. The van der Waals surface area contributed by atoms with Crippen molar-refractivity contribution in [3.8, 4) is 11.4 Å². The molecule has 0 bridgehead atoms. The van der Waals surface area contributed by atoms with E-state index >= 15 is 8.78 Å². The van der Waals surface area contributed by atoms with E-state index in [9.17, 15) is 24.3 Å². The third-order valence-electron chi connectivity index (χ3n) is 15.3. The second kappa shape index (κ2) is 18.7. The third-order valence-corrected chi connectivity index (χ3v) is 19.8. The average Bonchev–Trinajstić information content (AvgIpc) is 3.53. The van der Waals surface area contributed by atoms with Crippen molar-refractivity contribution in [1.29, 1.82) is 0 Å². The van der Waals surface area contributed by atoms with Crippen molar-refractivity contribution in [3.05, 3.63) is 174 Å². The number of carbonyl (C=O) groups excluding carboxylic acids is 2. The zero-order valence-electron chi connectivity index (χ0n) is 43.7. The maximum atomic E-state index is 15.5. The van der Waals surface area contributed by atoms with Gasteiger partial charge in [-0.3, -0.25) is 19.2 Å². The zero-order chi connectivity index (χ0) is 52.7. The van der Waals surface area contributed by atoms with Crippen molar-refractivity contribution >= 4 is 52.6 Å². The fourth-order valence-corrected chi connectivity index (χ4v) is 11.6. The van der Waals surface area contributed by atoms with Crippen LogP contribution in [0.25, 0.3) is 44.1 Å². The molecule has 2 unspecified atom stereocenters. The molecule has 0 aliphatic heterocycles. The Morgan fingerprint density at radius 2 is 1.04 bits per heavy atom. The van der Waals surface area contributed by atoms with Crippen LogP contribution in [0.3, 0.4) is 0 Å². The molecule has 2 atom stereocenters. The number of allylic oxidation sites excluding steroid dienone is 6. The Kier molecular flexibility index (Phi) is 13.2. The van der Waals surface area contributed by atoms with E-state index in [1.807, 2.05) is 90.1 Å². The summed E-state index contributed by atoms with van der Waals surface area (Å²) >= 11 is 0. The van der Waals surface area contributed by atoms with Crippen LogP contribution >= 0.6 is 0 Å². The largest absolute Gasteiger partial charge is 0.413 e. The molecule has 13 heteroatoms. The average molecular weight is 1000 g/mol. The molecule has 6 aromatic rings. The lowest BCUT2D eigenvalue weighted by atomic mass is 9.86. The quantitative estimate of drug-likeness (QED) is 0.173. The van der Waals surface area contributed by atoms with Crippen LogP contribution < -0.4 is 11.1 Å². The summed E-state index contributed by atoms with van der Waals surface area (Å²) in [4.78, 5) is 51.6. The third kappa shape index (κ3) is 9.87. The number of aromatic nitrogens is 4. The summed E-state index contributed by atoms with van der Waals surface area (Å²) < 4.78 is 40.0. The number of hydrogen-bond donors (Lipinski definition) is 1. The van der Waals surface area contributed by atoms with E-state index in [-0.39, 0.29) is 50.7 Å². The fraction of sp³-hybridized carbons (Fsp3) is 0.367. The minimum atomic E-state index is -2.14. The van der Waals surface area contributed by atoms with Crippen LogP contribution in [0.4, 0.5) is 8.78 Å². The molecule has 0 saturated heterocycles. The molecule has 2 heterocycles. The zero-order valence-corrected chi connectivity index (χ0v) is 44.7. The van der Waals surface area contributed by atoms with Gasteiger partial charge in [0.1, 0.15) is 11.6 Å². The Balaban J connectivity index is 0.000000183. The first kappa shape index (κ1) is 51.4. The minimum absolute atomic E-state index is 0.00663. The summed E-state index contributed by atoms with van der Waals surface area (Å²) in [5.74, 6) is -1.01. The SMILES string of the molecule is CC(C)(C)c1cc(F)c2c(=O)n(-c3cccc4c3CC(O)CC3=C4C=CC(=O)C3)ncc2c1.CC(C)(C)c1cc(F)c2c(=O)n(-c3cccc4c3CC(O[Si](C)(C)C(C)(C)C)CC3=C4C=CC(=O)C3)ncc2c1. The Labute approximate surface area is 425 Å². The van der Waals surface area contributed by atoms with Gasteiger partial charge in [0.15, 0.2) is 19.9 Å². The van der Waals surface area contributed by atoms with E-state index in [1.54, 1.807) is 30.5 Å². The monoisotopic (exact) mass is 1000 g/mol. The highest BCUT2D eigenvalue weighted by Crippen LogP contribution is 2.43. The molecule has 4 aromatic carbocycles. The molecule has 0 spiro atoms. The van der Waals surface area contributed by atoms with Crippen LogP contribution in [0.2, 0.25) is 18.1 Å². The summed E-state index contributed by atoms with van der Waals surface area (Å²) in [6.45, 7) is 23.1. The molecule has 0 amide bonds. The number of carbonyl (C=O) groups is 2. The molecule has 0 radical (unpaired) electrons. The van der Waals surface area contributed by atoms with Gasteiger partial charge in [-0.25, -0.2) is 8.78 Å². The molecule has 0 saturated carbocycles. The van der Waals surface area contributed by atoms with Gasteiger partial charge < -0.3 is 9.53 Å². The van der Waals surface area contributed by atoms with Gasteiger partial charge in [-0.2, -0.15) is 19.6 Å². The number of nitrogens with zero attached hydrogens (tertiary/aromatic N) is 4. The molecule has 10 nitrogen and oxygen atoms in total. The normalized spacial score (nSPS) is 18.2. The molecule has 73 heavy (non-hydrogen) atoms. The van der Waals surface area contributed by atoms with Gasteiger partial charge in [0, 0.05) is 36.5 Å². The van der Waals surface area contributed by atoms with Crippen molar-refractivity contribution in [2.75, 3.05) is 0 Å². The van der Waals surface area contributed by atoms with Gasteiger partial charge in [-0.15, -0.1) is 0 Å². The van der Waals surface area contributed by atoms with Gasteiger partial charge in [-0.1, -0.05) is 110 Å². The maximum Gasteiger partial charge on any atom is 0.282 e. The number of aliphatic hydroxyl groups is 1. The molecule has 378 valence electrons. The standard InChI is InChI=1S/C33H39FN2O3Si.C27H25FN2O3/c1-32(2,3)22-14-21-19-35-36(31(38)30(21)28(34)17-22)29-11-9-10-26-25-13-12-23(37)15-20(25)16-24(18-27(26)29)39-40(7,8)33(4,5)6;1-27(2,3)17-9-16-14-29-30(26(33)25(16)23(28)12-17)24-6-4-5-21-20-8-7-18(31)10-15(20)11-19(32)13-22(21)24/h9-14,17,19,24H,15-16,18H2,1-8H3;4-9,12,14,19,32H,10-11,13H2,1-3H3. The molecule has 10 rings (SSSR count). The van der Waals surface area contributed by atoms with Crippen LogP contribution in [0, 0.1) is 11.6 Å². The Morgan fingerprint density at radius 3 is 1.48 bits per heavy atom. The van der Waals surface area contributed by atoms with Crippen LogP contribution in [0.15, 0.2) is 118 Å². The van der Waals surface area contributed by atoms with Gasteiger partial charge in [-0.05, 0) is 135 Å². The van der Waals surface area contributed by atoms with Crippen LogP contribution in [0.5, 0.6) is 0 Å². The van der Waals surface area contributed by atoms with E-state index in [0.717, 1.165) is 55.7 Å². The number of aliphatic hydroxyl groups excluding tert-OH is 1. The first-order chi connectivity index (χ1) is 34.2. The molecular weight excluding hydrogens is 939 g/mol. The smallest absolute Gasteiger partial charge is 0.282 e. The van der Waals surface area contributed by atoms with Crippen molar-refractivity contribution in [3.63, 3.8) is 0 Å². The molecule has 0 fully saturated rings. The second-order valence-electron chi connectivity index (χ2n) is 23.6. The van der Waals surface area contributed by atoms with E-state index in [1.165, 1.54) is 27.7 Å². The Hall–Kier alpha value is -6.54. The van der Waals surface area contributed by atoms with E-state index in [4.69, 9.17) is 4.43 Å². The number of rotatable bonds is 4. The molecular formula is C60H64F2N4O6Si. The number of fused-ring (bicyclic) bond motifs is 6. The van der Waals surface area contributed by atoms with E-state index in [2.05, 4.69) is 44.1 Å². The number of benzene rings is 4. The van der Waals surface area contributed by atoms with Crippen molar-refractivity contribution in [2.45, 2.75) is 142 Å². The highest BCUT2D eigenvalue weighted by molar-refractivity contribution is 6.74. The summed E-state index contributed by atoms with van der Waals surface area (Å²) in [5, 5.41) is 20.6. The van der Waals surface area contributed by atoms with E-state index in [0.29, 0.717) is 54.3 Å². The lowest BCUT2D eigenvalue weighted by Gasteiger charge is -2.39. The maximum absolute atomic E-state index is 15.5. The lowest BCUT2D eigenvalue weighted by Crippen LogP contribution is -2.44. The topological polar surface area (TPSA) is 133 Å². The van der Waals surface area contributed by atoms with Crippen molar-refractivity contribution < 1.29 is 27.9 Å². The van der Waals surface area contributed by atoms with Crippen molar-refractivity contribution in [1.82, 2.24) is 19.6 Å². The Morgan fingerprint density at radius 1 is 0.603 bits per heavy atom. The summed E-state index contributed by atoms with van der Waals surface area (Å²) in [5.41, 5.74) is 8.55. The highest BCUT2D eigenvalue weighted by Gasteiger charge is 2.41. The van der Waals surface area contributed by atoms with Gasteiger partial charge in [0.05, 0.1) is 46.7 Å². The summed E-state index contributed by atoms with van der Waals surface area (Å²) in [7, 11) is -2.14. The molecule has 2 aromatic heterocycles. The van der Waals surface area contributed by atoms with E-state index < -0.39 is 37.2 Å². The summed E-state index contributed by atoms with van der Waals surface area (Å²) in [6.07, 6.45) is 11.7. The molecule has 4 aliphatic carbocycles. The Bertz CT molecular complexity index is 3560. The molecule has 4 aliphatic rings. The predicted molar refractivity (Wildman–Crippen MR) is 288 cm³/mol. The number of halogens is 2. The minimum Gasteiger partial charge on any atom is -0.413 e. The van der Waals surface area contributed by atoms with Gasteiger partial charge >= 0.3 is 0 Å². The number of hydrogen-bond acceptors (Lipinski definition) is 8. The van der Waals surface area contributed by atoms with Crippen LogP contribution in [-0.4, -0.2) is 56.8 Å². The van der Waals surface area contributed by atoms with Crippen molar-refractivity contribution in [2.24, 2.45) is 0 Å².